The molecule has 0 unspecified atom stereocenters. The van der Waals surface area contributed by atoms with Gasteiger partial charge in [0.15, 0.2) is 0 Å². The molecule has 0 saturated heterocycles. The third kappa shape index (κ3) is 4.47. The van der Waals surface area contributed by atoms with Crippen molar-refractivity contribution in [2.45, 2.75) is 33.2 Å². The summed E-state index contributed by atoms with van der Waals surface area (Å²) in [5.74, 6) is 1.86. The van der Waals surface area contributed by atoms with E-state index in [0.29, 0.717) is 12.3 Å². The number of methoxy groups -OCH3 is 2. The molecule has 19 heavy (non-hydrogen) atoms. The Labute approximate surface area is 115 Å². The Morgan fingerprint density at radius 1 is 1.21 bits per heavy atom. The molecule has 0 saturated carbocycles. The van der Waals surface area contributed by atoms with E-state index in [-0.39, 0.29) is 11.9 Å². The number of hydrogen-bond acceptors (Lipinski definition) is 3. The van der Waals surface area contributed by atoms with Crippen LogP contribution < -0.4 is 14.8 Å². The smallest absolute Gasteiger partial charge is 0.220 e. The number of amides is 1. The molecule has 0 spiro atoms. The van der Waals surface area contributed by atoms with Crippen molar-refractivity contribution in [3.05, 3.63) is 23.8 Å². The molecule has 1 aromatic carbocycles. The number of benzene rings is 1. The zero-order valence-electron chi connectivity index (χ0n) is 12.3. The summed E-state index contributed by atoms with van der Waals surface area (Å²) in [5.41, 5.74) is 0.945. The second-order valence-corrected chi connectivity index (χ2v) is 5.00. The number of ether oxygens (including phenoxy) is 2. The molecule has 0 aliphatic heterocycles. The van der Waals surface area contributed by atoms with Gasteiger partial charge >= 0.3 is 0 Å². The summed E-state index contributed by atoms with van der Waals surface area (Å²) >= 11 is 0. The maximum Gasteiger partial charge on any atom is 0.220 e. The van der Waals surface area contributed by atoms with E-state index in [4.69, 9.17) is 9.47 Å². The van der Waals surface area contributed by atoms with Crippen LogP contribution in [-0.2, 0) is 4.79 Å². The minimum Gasteiger partial charge on any atom is -0.497 e. The molecule has 0 aliphatic carbocycles. The van der Waals surface area contributed by atoms with E-state index in [2.05, 4.69) is 5.32 Å². The average molecular weight is 265 g/mol. The number of carbonyl (C=O) groups is 1. The summed E-state index contributed by atoms with van der Waals surface area (Å²) in [7, 11) is 3.23. The predicted octanol–water partition coefficient (Wildman–Crippen LogP) is 2.93. The Balaban J connectivity index is 2.81. The van der Waals surface area contributed by atoms with Gasteiger partial charge in [-0.15, -0.1) is 0 Å². The Kier molecular flexibility index (Phi) is 5.67. The summed E-state index contributed by atoms with van der Waals surface area (Å²) in [4.78, 5) is 11.8. The van der Waals surface area contributed by atoms with Crippen LogP contribution in [0, 0.1) is 5.92 Å². The van der Waals surface area contributed by atoms with Gasteiger partial charge in [0.2, 0.25) is 5.91 Å². The van der Waals surface area contributed by atoms with Crippen molar-refractivity contribution in [2.75, 3.05) is 14.2 Å². The summed E-state index contributed by atoms with van der Waals surface area (Å²) in [5, 5.41) is 2.98. The molecule has 1 N–H and O–H groups in total. The Bertz CT molecular complexity index is 429. The van der Waals surface area contributed by atoms with E-state index >= 15 is 0 Å². The largest absolute Gasteiger partial charge is 0.497 e. The second kappa shape index (κ2) is 7.02. The number of hydrogen-bond donors (Lipinski definition) is 1. The quantitative estimate of drug-likeness (QED) is 0.860. The number of rotatable bonds is 6. The van der Waals surface area contributed by atoms with Crippen molar-refractivity contribution in [3.8, 4) is 11.5 Å². The van der Waals surface area contributed by atoms with Crippen molar-refractivity contribution in [3.63, 3.8) is 0 Å². The summed E-state index contributed by atoms with van der Waals surface area (Å²) in [6.45, 7) is 6.00. The second-order valence-electron chi connectivity index (χ2n) is 5.00. The zero-order valence-corrected chi connectivity index (χ0v) is 12.3. The van der Waals surface area contributed by atoms with Gasteiger partial charge < -0.3 is 14.8 Å². The molecule has 0 aromatic heterocycles. The fourth-order valence-electron chi connectivity index (χ4n) is 1.93. The predicted molar refractivity (Wildman–Crippen MR) is 75.6 cm³/mol. The molecular weight excluding hydrogens is 242 g/mol. The number of nitrogens with one attached hydrogen (secondary N) is 1. The molecule has 0 aliphatic rings. The van der Waals surface area contributed by atoms with Crippen LogP contribution in [0.1, 0.15) is 38.8 Å². The molecule has 4 nitrogen and oxygen atoms in total. The van der Waals surface area contributed by atoms with Crippen LogP contribution in [0.15, 0.2) is 18.2 Å². The van der Waals surface area contributed by atoms with E-state index in [1.54, 1.807) is 14.2 Å². The molecule has 0 radical (unpaired) electrons. The van der Waals surface area contributed by atoms with Crippen molar-refractivity contribution >= 4 is 5.91 Å². The lowest BCUT2D eigenvalue weighted by Gasteiger charge is -2.18. The highest BCUT2D eigenvalue weighted by molar-refractivity contribution is 5.76. The topological polar surface area (TPSA) is 47.6 Å². The van der Waals surface area contributed by atoms with Crippen LogP contribution in [0.5, 0.6) is 11.5 Å². The molecule has 4 heteroatoms. The molecule has 0 heterocycles. The van der Waals surface area contributed by atoms with Crippen molar-refractivity contribution in [1.29, 1.82) is 0 Å². The van der Waals surface area contributed by atoms with E-state index < -0.39 is 0 Å². The lowest BCUT2D eigenvalue weighted by Crippen LogP contribution is -2.27. The highest BCUT2D eigenvalue weighted by atomic mass is 16.5. The zero-order chi connectivity index (χ0) is 14.4. The molecule has 1 atom stereocenters. The van der Waals surface area contributed by atoms with Gasteiger partial charge in [0, 0.05) is 18.1 Å². The first-order chi connectivity index (χ1) is 8.97. The Hall–Kier alpha value is -1.71. The van der Waals surface area contributed by atoms with Gasteiger partial charge in [-0.05, 0) is 25.0 Å². The fraction of sp³-hybridized carbons (Fsp3) is 0.533. The van der Waals surface area contributed by atoms with Crippen LogP contribution in [0.4, 0.5) is 0 Å². The monoisotopic (exact) mass is 265 g/mol. The van der Waals surface area contributed by atoms with Crippen LogP contribution in [0.25, 0.3) is 0 Å². The Morgan fingerprint density at radius 3 is 2.42 bits per heavy atom. The SMILES string of the molecule is COc1ccc([C@@H](C)NC(=O)CC(C)C)c(OC)c1. The van der Waals surface area contributed by atoms with Gasteiger partial charge in [0.1, 0.15) is 11.5 Å². The minimum absolute atomic E-state index is 0.0559. The van der Waals surface area contributed by atoms with E-state index in [0.717, 1.165) is 17.1 Å². The van der Waals surface area contributed by atoms with Gasteiger partial charge in [-0.1, -0.05) is 13.8 Å². The molecule has 1 rings (SSSR count). The molecule has 0 fully saturated rings. The van der Waals surface area contributed by atoms with Gasteiger partial charge in [0.05, 0.1) is 20.3 Å². The standard InChI is InChI=1S/C15H23NO3/c1-10(2)8-15(17)16-11(3)13-7-6-12(18-4)9-14(13)19-5/h6-7,9-11H,8H2,1-5H3,(H,16,17)/t11-/m1/s1. The molecule has 106 valence electrons. The molecular formula is C15H23NO3. The molecule has 1 amide bonds. The van der Waals surface area contributed by atoms with Gasteiger partial charge in [-0.3, -0.25) is 4.79 Å². The molecule has 0 bridgehead atoms. The van der Waals surface area contributed by atoms with Crippen LogP contribution in [0.2, 0.25) is 0 Å². The van der Waals surface area contributed by atoms with Crippen molar-refractivity contribution in [1.82, 2.24) is 5.32 Å². The minimum atomic E-state index is -0.0906. The summed E-state index contributed by atoms with van der Waals surface area (Å²) in [6, 6.07) is 5.51. The normalized spacial score (nSPS) is 12.1. The first-order valence-corrected chi connectivity index (χ1v) is 6.49. The van der Waals surface area contributed by atoms with Crippen molar-refractivity contribution < 1.29 is 14.3 Å². The summed E-state index contributed by atoms with van der Waals surface area (Å²) in [6.07, 6.45) is 0.531. The van der Waals surface area contributed by atoms with Crippen LogP contribution in [-0.4, -0.2) is 20.1 Å². The highest BCUT2D eigenvalue weighted by Crippen LogP contribution is 2.29. The maximum absolute atomic E-state index is 11.8. The van der Waals surface area contributed by atoms with E-state index in [1.807, 2.05) is 39.0 Å². The summed E-state index contributed by atoms with van der Waals surface area (Å²) < 4.78 is 10.5. The van der Waals surface area contributed by atoms with Gasteiger partial charge in [0.25, 0.3) is 0 Å². The third-order valence-corrected chi connectivity index (χ3v) is 2.88. The molecule has 1 aromatic rings. The highest BCUT2D eigenvalue weighted by Gasteiger charge is 2.15. The first kappa shape index (κ1) is 15.3. The van der Waals surface area contributed by atoms with Gasteiger partial charge in [-0.2, -0.15) is 0 Å². The lowest BCUT2D eigenvalue weighted by molar-refractivity contribution is -0.122. The van der Waals surface area contributed by atoms with Crippen LogP contribution in [0.3, 0.4) is 0 Å². The third-order valence-electron chi connectivity index (χ3n) is 2.88. The van der Waals surface area contributed by atoms with E-state index in [1.165, 1.54) is 0 Å². The maximum atomic E-state index is 11.8. The van der Waals surface area contributed by atoms with Gasteiger partial charge in [-0.25, -0.2) is 0 Å². The number of carbonyl (C=O) groups excluding carboxylic acids is 1. The lowest BCUT2D eigenvalue weighted by atomic mass is 10.1. The fourth-order valence-corrected chi connectivity index (χ4v) is 1.93. The Morgan fingerprint density at radius 2 is 1.89 bits per heavy atom. The van der Waals surface area contributed by atoms with Crippen molar-refractivity contribution in [2.24, 2.45) is 5.92 Å². The average Bonchev–Trinajstić information content (AvgIpc) is 2.36. The van der Waals surface area contributed by atoms with E-state index in [9.17, 15) is 4.79 Å². The first-order valence-electron chi connectivity index (χ1n) is 6.49. The van der Waals surface area contributed by atoms with Crippen LogP contribution >= 0.6 is 0 Å².